The molecule has 0 N–H and O–H groups in total. The zero-order valence-electron chi connectivity index (χ0n) is 10.2. The van der Waals surface area contributed by atoms with E-state index < -0.39 is 0 Å². The minimum absolute atomic E-state index is 0.438. The van der Waals surface area contributed by atoms with Crippen LogP contribution in [-0.4, -0.2) is 31.1 Å². The fourth-order valence-corrected chi connectivity index (χ4v) is 1.72. The highest BCUT2D eigenvalue weighted by atomic mass is 35.5. The van der Waals surface area contributed by atoms with Gasteiger partial charge in [-0.25, -0.2) is 0 Å². The maximum atomic E-state index is 8.74. The van der Waals surface area contributed by atoms with Crippen LogP contribution in [0.5, 0.6) is 5.75 Å². The summed E-state index contributed by atoms with van der Waals surface area (Å²) in [5, 5.41) is 9.18. The van der Waals surface area contributed by atoms with Crippen molar-refractivity contribution in [2.24, 2.45) is 0 Å². The van der Waals surface area contributed by atoms with E-state index in [0.29, 0.717) is 22.9 Å². The van der Waals surface area contributed by atoms with Gasteiger partial charge in [-0.1, -0.05) is 25.4 Å². The van der Waals surface area contributed by atoms with Crippen molar-refractivity contribution in [3.05, 3.63) is 28.8 Å². The molecule has 0 aliphatic rings. The number of hydrogen-bond donors (Lipinski definition) is 0. The van der Waals surface area contributed by atoms with Gasteiger partial charge in [0, 0.05) is 12.6 Å². The average Bonchev–Trinajstić information content (AvgIpc) is 2.35. The van der Waals surface area contributed by atoms with E-state index in [9.17, 15) is 0 Å². The van der Waals surface area contributed by atoms with Gasteiger partial charge in [-0.05, 0) is 25.2 Å². The first-order chi connectivity index (χ1) is 8.21. The Morgan fingerprint density at radius 1 is 1.35 bits per heavy atom. The summed E-state index contributed by atoms with van der Waals surface area (Å²) in [5.41, 5.74) is 0.475. The summed E-state index contributed by atoms with van der Waals surface area (Å²) < 4.78 is 5.58. The fourth-order valence-electron chi connectivity index (χ4n) is 1.51. The van der Waals surface area contributed by atoms with Gasteiger partial charge in [0.05, 0.1) is 10.6 Å². The van der Waals surface area contributed by atoms with Crippen LogP contribution in [-0.2, 0) is 0 Å². The molecule has 0 aliphatic heterocycles. The summed E-state index contributed by atoms with van der Waals surface area (Å²) in [6.07, 6.45) is 0. The van der Waals surface area contributed by atoms with Crippen LogP contribution in [0.3, 0.4) is 0 Å². The van der Waals surface area contributed by atoms with Crippen LogP contribution >= 0.6 is 11.6 Å². The van der Waals surface area contributed by atoms with Crippen LogP contribution in [0.1, 0.15) is 19.4 Å². The second-order valence-corrected chi connectivity index (χ2v) is 4.04. The molecule has 0 radical (unpaired) electrons. The lowest BCUT2D eigenvalue weighted by Gasteiger charge is -2.18. The molecule has 0 heterocycles. The molecule has 0 saturated heterocycles. The molecule has 0 spiro atoms. The van der Waals surface area contributed by atoms with Crippen molar-refractivity contribution in [2.45, 2.75) is 13.8 Å². The zero-order valence-corrected chi connectivity index (χ0v) is 11.0. The number of likely N-dealkylation sites (N-methyl/N-ethyl adjacent to an activating group) is 1. The lowest BCUT2D eigenvalue weighted by atomic mass is 10.2. The number of ether oxygens (including phenoxy) is 1. The number of rotatable bonds is 6. The predicted molar refractivity (Wildman–Crippen MR) is 69.5 cm³/mol. The molecular formula is C13H17ClN2O. The molecule has 0 saturated carbocycles. The Labute approximate surface area is 108 Å². The van der Waals surface area contributed by atoms with Crippen LogP contribution in [0.2, 0.25) is 5.02 Å². The minimum Gasteiger partial charge on any atom is -0.492 e. The van der Waals surface area contributed by atoms with Crippen molar-refractivity contribution < 1.29 is 4.74 Å². The van der Waals surface area contributed by atoms with Crippen molar-refractivity contribution in [1.29, 1.82) is 5.26 Å². The number of halogens is 1. The van der Waals surface area contributed by atoms with Gasteiger partial charge in [-0.2, -0.15) is 5.26 Å². The molecule has 0 aromatic heterocycles. The van der Waals surface area contributed by atoms with Crippen LogP contribution in [0, 0.1) is 11.3 Å². The van der Waals surface area contributed by atoms with E-state index in [1.54, 1.807) is 18.2 Å². The second kappa shape index (κ2) is 7.16. The van der Waals surface area contributed by atoms with Crippen molar-refractivity contribution in [3.8, 4) is 11.8 Å². The van der Waals surface area contributed by atoms with Crippen molar-refractivity contribution in [1.82, 2.24) is 4.90 Å². The lowest BCUT2D eigenvalue weighted by Crippen LogP contribution is -2.27. The van der Waals surface area contributed by atoms with E-state index in [-0.39, 0.29) is 0 Å². The molecule has 0 atom stereocenters. The molecule has 0 fully saturated rings. The maximum absolute atomic E-state index is 8.74. The summed E-state index contributed by atoms with van der Waals surface area (Å²) in [4.78, 5) is 2.28. The Morgan fingerprint density at radius 2 is 2.06 bits per heavy atom. The molecule has 0 amide bonds. The largest absolute Gasteiger partial charge is 0.492 e. The topological polar surface area (TPSA) is 36.3 Å². The summed E-state index contributed by atoms with van der Waals surface area (Å²) in [6, 6.07) is 7.15. The van der Waals surface area contributed by atoms with Gasteiger partial charge in [-0.3, -0.25) is 0 Å². The minimum atomic E-state index is 0.438. The van der Waals surface area contributed by atoms with E-state index in [2.05, 4.69) is 18.7 Å². The monoisotopic (exact) mass is 252 g/mol. The summed E-state index contributed by atoms with van der Waals surface area (Å²) >= 11 is 5.91. The third-order valence-corrected chi connectivity index (χ3v) is 2.94. The molecule has 4 heteroatoms. The van der Waals surface area contributed by atoms with E-state index in [1.807, 2.05) is 6.07 Å². The highest BCUT2D eigenvalue weighted by Crippen LogP contribution is 2.21. The molecule has 3 nitrogen and oxygen atoms in total. The van der Waals surface area contributed by atoms with Gasteiger partial charge >= 0.3 is 0 Å². The smallest absolute Gasteiger partial charge is 0.120 e. The fraction of sp³-hybridized carbons (Fsp3) is 0.462. The Bertz CT molecular complexity index is 397. The third kappa shape index (κ3) is 4.26. The first kappa shape index (κ1) is 13.8. The van der Waals surface area contributed by atoms with Gasteiger partial charge in [0.15, 0.2) is 0 Å². The molecule has 1 aromatic carbocycles. The molecule has 0 aliphatic carbocycles. The standard InChI is InChI=1S/C13H17ClN2O/c1-3-16(4-2)7-8-17-12-6-5-11(10-15)13(14)9-12/h5-6,9H,3-4,7-8H2,1-2H3. The zero-order chi connectivity index (χ0) is 12.7. The summed E-state index contributed by atoms with van der Waals surface area (Å²) in [7, 11) is 0. The second-order valence-electron chi connectivity index (χ2n) is 3.63. The van der Waals surface area contributed by atoms with Crippen molar-refractivity contribution >= 4 is 11.6 Å². The average molecular weight is 253 g/mol. The number of benzene rings is 1. The first-order valence-electron chi connectivity index (χ1n) is 5.76. The predicted octanol–water partition coefficient (Wildman–Crippen LogP) is 2.93. The van der Waals surface area contributed by atoms with E-state index in [0.717, 1.165) is 19.6 Å². The Kier molecular flexibility index (Phi) is 5.82. The van der Waals surface area contributed by atoms with Gasteiger partial charge in [0.25, 0.3) is 0 Å². The Morgan fingerprint density at radius 3 is 2.59 bits per heavy atom. The maximum Gasteiger partial charge on any atom is 0.120 e. The molecule has 92 valence electrons. The molecular weight excluding hydrogens is 236 g/mol. The van der Waals surface area contributed by atoms with E-state index in [1.165, 1.54) is 0 Å². The first-order valence-corrected chi connectivity index (χ1v) is 6.13. The van der Waals surface area contributed by atoms with Gasteiger partial charge in [0.2, 0.25) is 0 Å². The Balaban J connectivity index is 2.48. The van der Waals surface area contributed by atoms with Gasteiger partial charge < -0.3 is 9.64 Å². The van der Waals surface area contributed by atoms with E-state index >= 15 is 0 Å². The number of nitrogens with zero attached hydrogens (tertiary/aromatic N) is 2. The lowest BCUT2D eigenvalue weighted by molar-refractivity contribution is 0.223. The third-order valence-electron chi connectivity index (χ3n) is 2.63. The highest BCUT2D eigenvalue weighted by molar-refractivity contribution is 6.31. The number of hydrogen-bond acceptors (Lipinski definition) is 3. The molecule has 0 bridgehead atoms. The molecule has 1 rings (SSSR count). The SMILES string of the molecule is CCN(CC)CCOc1ccc(C#N)c(Cl)c1. The molecule has 0 unspecified atom stereocenters. The Hall–Kier alpha value is -1.24. The molecule has 1 aromatic rings. The van der Waals surface area contributed by atoms with Crippen LogP contribution in [0.4, 0.5) is 0 Å². The van der Waals surface area contributed by atoms with Gasteiger partial charge in [0.1, 0.15) is 18.4 Å². The van der Waals surface area contributed by atoms with Crippen LogP contribution < -0.4 is 4.74 Å². The van der Waals surface area contributed by atoms with Gasteiger partial charge in [-0.15, -0.1) is 0 Å². The summed E-state index contributed by atoms with van der Waals surface area (Å²) in [5.74, 6) is 0.709. The highest BCUT2D eigenvalue weighted by Gasteiger charge is 2.03. The normalized spacial score (nSPS) is 10.3. The summed E-state index contributed by atoms with van der Waals surface area (Å²) in [6.45, 7) is 7.82. The van der Waals surface area contributed by atoms with Crippen molar-refractivity contribution in [3.63, 3.8) is 0 Å². The quantitative estimate of drug-likeness (QED) is 0.781. The van der Waals surface area contributed by atoms with Crippen molar-refractivity contribution in [2.75, 3.05) is 26.2 Å². The van der Waals surface area contributed by atoms with Crippen LogP contribution in [0.15, 0.2) is 18.2 Å². The molecule has 17 heavy (non-hydrogen) atoms. The number of nitriles is 1. The van der Waals surface area contributed by atoms with E-state index in [4.69, 9.17) is 21.6 Å². The van der Waals surface area contributed by atoms with Crippen LogP contribution in [0.25, 0.3) is 0 Å².